The van der Waals surface area contributed by atoms with E-state index < -0.39 is 17.9 Å². The molecule has 0 radical (unpaired) electrons. The number of aromatic nitrogens is 3. The number of methoxy groups -OCH3 is 3. The van der Waals surface area contributed by atoms with Crippen LogP contribution in [-0.4, -0.2) is 134 Å². The van der Waals surface area contributed by atoms with Crippen LogP contribution in [0.2, 0.25) is 0 Å². The average Bonchev–Trinajstić information content (AvgIpc) is 1.66. The van der Waals surface area contributed by atoms with Crippen LogP contribution in [0, 0.1) is 0 Å². The van der Waals surface area contributed by atoms with Crippen LogP contribution in [-0.2, 0) is 95.5 Å². The lowest BCUT2D eigenvalue weighted by atomic mass is 10.1. The number of carbonyl (C=O) groups is 6. The van der Waals surface area contributed by atoms with Crippen molar-refractivity contribution in [3.05, 3.63) is 257 Å². The van der Waals surface area contributed by atoms with Gasteiger partial charge in [0.15, 0.2) is 20.2 Å². The molecule has 8 aromatic carbocycles. The highest BCUT2D eigenvalue weighted by atomic mass is 16.6. The molecular formula is C83H99N6O14+3. The summed E-state index contributed by atoms with van der Waals surface area (Å²) in [4.78, 5) is 74.4. The lowest BCUT2D eigenvalue weighted by Crippen LogP contribution is -2.34. The molecule has 0 amide bonds. The Balaban J connectivity index is 0.000000241. The molecule has 20 nitrogen and oxygen atoms in total. The van der Waals surface area contributed by atoms with Gasteiger partial charge in [-0.3, -0.25) is 27.8 Å². The summed E-state index contributed by atoms with van der Waals surface area (Å²) in [6.45, 7) is 0.615. The molecule has 0 atom stereocenters. The van der Waals surface area contributed by atoms with Gasteiger partial charge in [0, 0.05) is 16.2 Å². The van der Waals surface area contributed by atoms with Gasteiger partial charge in [-0.05, 0) is 125 Å². The van der Waals surface area contributed by atoms with E-state index >= 15 is 0 Å². The minimum atomic E-state index is -0.509. The van der Waals surface area contributed by atoms with Crippen LogP contribution < -0.4 is 22.9 Å². The highest BCUT2D eigenvalue weighted by Gasteiger charge is 2.23. The van der Waals surface area contributed by atoms with Gasteiger partial charge >= 0.3 is 35.8 Å². The van der Waals surface area contributed by atoms with E-state index in [1.165, 1.54) is 21.3 Å². The van der Waals surface area contributed by atoms with Gasteiger partial charge in [0.05, 0.1) is 121 Å². The highest BCUT2D eigenvalue weighted by Crippen LogP contribution is 2.30. The maximum absolute atomic E-state index is 12.6. The molecule has 0 aliphatic heterocycles. The van der Waals surface area contributed by atoms with Gasteiger partial charge in [-0.1, -0.05) is 138 Å². The Labute approximate surface area is 605 Å². The van der Waals surface area contributed by atoms with Gasteiger partial charge in [-0.25, -0.2) is 14.4 Å². The molecule has 3 heterocycles. The largest absolute Gasteiger partial charge is 0.489 e. The Morgan fingerprint density at radius 3 is 0.893 bits per heavy atom. The molecule has 542 valence electrons. The first-order chi connectivity index (χ1) is 47.8. The van der Waals surface area contributed by atoms with Crippen LogP contribution in [0.4, 0.5) is 17.1 Å². The second-order valence-electron chi connectivity index (χ2n) is 26.4. The normalized spacial score (nSPS) is 11.0. The van der Waals surface area contributed by atoms with Gasteiger partial charge in [-0.2, -0.15) is 0 Å². The summed E-state index contributed by atoms with van der Waals surface area (Å²) in [5.74, 6) is -1.25. The molecule has 0 aliphatic carbocycles. The zero-order valence-corrected chi connectivity index (χ0v) is 58.8. The summed E-state index contributed by atoms with van der Waals surface area (Å²) in [5.41, 5.74) is 11.4. The smallest absolute Gasteiger partial charge is 0.354 e. The summed E-state index contributed by atoms with van der Waals surface area (Å²) < 4.78 is 50.2. The number of quaternary nitrogens is 3. The fraction of sp³-hybridized carbons (Fsp3) is 0.277. The lowest BCUT2D eigenvalue weighted by molar-refractivity contribution is -0.147. The SMILES string of the molecule is C.C.C.COC(=O)c1cc2cc(OCc3ccccc3)ccc2n1COC(=O)Cc1ccc([N+](C)(C)C)cc1.COC(=O)c1cc2cc(OCc3ccccc3)ccc2n1COC(=O)Cc1ccc([N+](C)(C)C)cc1.COC(=O)c1cc2ccccc2n1COC(=O)Cc1ccc([N+](C)(C)C)cc1. The standard InChI is InChI=1S/2C29H31N2O5.C22H25N2O4.3CH4/c2*1-31(2,3)24-12-10-21(11-13-24)16-28(32)36-20-30-26-15-14-25(35-19-22-8-6-5-7-9-22)17-23(26)18-27(30)29(33)34-4;1-24(2,3)18-11-9-16(10-12-18)13-21(25)28-15-23-19-8-6-5-7-17(19)14-20(23)22(26)27-4;;;/h2*5-15,17-18H,16,19-20H2,1-4H3;5-12,14H,13,15H2,1-4H3;3*1H4/q3*+1;;;. The Morgan fingerprint density at radius 2 is 0.592 bits per heavy atom. The first kappa shape index (κ1) is 80.7. The van der Waals surface area contributed by atoms with Gasteiger partial charge in [0.1, 0.15) is 58.9 Å². The number of hydrogen-bond donors (Lipinski definition) is 0. The molecule has 11 rings (SSSR count). The van der Waals surface area contributed by atoms with Crippen LogP contribution in [0.1, 0.15) is 81.6 Å². The quantitative estimate of drug-likeness (QED) is 0.0315. The molecule has 11 aromatic rings. The summed E-state index contributed by atoms with van der Waals surface area (Å²) >= 11 is 0. The van der Waals surface area contributed by atoms with Crippen molar-refractivity contribution >= 4 is 85.6 Å². The fourth-order valence-electron chi connectivity index (χ4n) is 10.9. The van der Waals surface area contributed by atoms with Crippen molar-refractivity contribution in [2.75, 3.05) is 84.8 Å². The monoisotopic (exact) mass is 1400 g/mol. The number of carbonyl (C=O) groups excluding carboxylic acids is 6. The molecule has 20 heteroatoms. The molecule has 0 bridgehead atoms. The van der Waals surface area contributed by atoms with E-state index in [9.17, 15) is 28.8 Å². The minimum absolute atomic E-state index is 0. The van der Waals surface area contributed by atoms with Crippen LogP contribution in [0.15, 0.2) is 212 Å². The number of fused-ring (bicyclic) bond motifs is 3. The maximum Gasteiger partial charge on any atom is 0.354 e. The zero-order valence-electron chi connectivity index (χ0n) is 58.8. The van der Waals surface area contributed by atoms with Gasteiger partial charge in [0.25, 0.3) is 0 Å². The van der Waals surface area contributed by atoms with Crippen LogP contribution >= 0.6 is 0 Å². The number of para-hydroxylation sites is 1. The van der Waals surface area contributed by atoms with E-state index in [1.54, 1.807) is 31.9 Å². The van der Waals surface area contributed by atoms with Crippen LogP contribution in [0.5, 0.6) is 11.5 Å². The minimum Gasteiger partial charge on any atom is -0.489 e. The first-order valence-corrected chi connectivity index (χ1v) is 32.4. The molecule has 0 aliphatic rings. The second kappa shape index (κ2) is 36.3. The first-order valence-electron chi connectivity index (χ1n) is 32.4. The molecule has 0 fully saturated rings. The Morgan fingerprint density at radius 1 is 0.311 bits per heavy atom. The molecular weight excluding hydrogens is 1300 g/mol. The topological polar surface area (TPSA) is 191 Å². The van der Waals surface area contributed by atoms with Crippen molar-refractivity contribution in [1.29, 1.82) is 0 Å². The van der Waals surface area contributed by atoms with E-state index in [0.29, 0.717) is 55.2 Å². The van der Waals surface area contributed by atoms with Crippen molar-refractivity contribution in [1.82, 2.24) is 27.2 Å². The Kier molecular flexibility index (Phi) is 28.4. The van der Waals surface area contributed by atoms with Gasteiger partial charge in [0.2, 0.25) is 0 Å². The molecule has 103 heavy (non-hydrogen) atoms. The summed E-state index contributed by atoms with van der Waals surface area (Å²) in [5, 5.41) is 2.45. The highest BCUT2D eigenvalue weighted by molar-refractivity contribution is 5.98. The summed E-state index contributed by atoms with van der Waals surface area (Å²) in [6, 6.07) is 67.2. The number of benzene rings is 8. The third-order valence-corrected chi connectivity index (χ3v) is 16.5. The number of rotatable bonds is 24. The number of hydrogen-bond acceptors (Lipinski definition) is 14. The third kappa shape index (κ3) is 21.8. The molecule has 0 saturated heterocycles. The van der Waals surface area contributed by atoms with Crippen molar-refractivity contribution < 1.29 is 66.7 Å². The molecule has 0 saturated carbocycles. The summed E-state index contributed by atoms with van der Waals surface area (Å²) in [6.07, 6.45) is 0.452. The van der Waals surface area contributed by atoms with E-state index in [4.69, 9.17) is 37.9 Å². The molecule has 0 N–H and O–H groups in total. The predicted molar refractivity (Wildman–Crippen MR) is 409 cm³/mol. The zero-order chi connectivity index (χ0) is 71.7. The van der Waals surface area contributed by atoms with Gasteiger partial charge in [-0.15, -0.1) is 0 Å². The summed E-state index contributed by atoms with van der Waals surface area (Å²) in [7, 11) is 22.8. The van der Waals surface area contributed by atoms with Crippen molar-refractivity contribution in [3.8, 4) is 11.5 Å². The van der Waals surface area contributed by atoms with E-state index in [2.05, 4.69) is 63.4 Å². The van der Waals surface area contributed by atoms with Crippen molar-refractivity contribution in [2.24, 2.45) is 0 Å². The van der Waals surface area contributed by atoms with Crippen LogP contribution in [0.3, 0.4) is 0 Å². The Bertz CT molecular complexity index is 4420. The average molecular weight is 1400 g/mol. The van der Waals surface area contributed by atoms with Crippen molar-refractivity contribution in [2.45, 2.75) is 74.9 Å². The van der Waals surface area contributed by atoms with Crippen molar-refractivity contribution in [3.63, 3.8) is 0 Å². The van der Waals surface area contributed by atoms with Crippen LogP contribution in [0.25, 0.3) is 32.7 Å². The maximum atomic E-state index is 12.6. The molecule has 0 unspecified atom stereocenters. The second-order valence-corrected chi connectivity index (χ2v) is 26.4. The molecule has 3 aromatic heterocycles. The number of ether oxygens (including phenoxy) is 8. The van der Waals surface area contributed by atoms with E-state index in [-0.39, 0.29) is 79.6 Å². The lowest BCUT2D eigenvalue weighted by Gasteiger charge is -2.23. The van der Waals surface area contributed by atoms with E-state index in [1.807, 2.05) is 194 Å². The Hall–Kier alpha value is -11.3. The molecule has 0 spiro atoms. The fourth-order valence-corrected chi connectivity index (χ4v) is 10.9. The predicted octanol–water partition coefficient (Wildman–Crippen LogP) is 15.2. The van der Waals surface area contributed by atoms with E-state index in [0.717, 1.165) is 77.6 Å². The number of esters is 6. The number of nitrogens with zero attached hydrogens (tertiary/aromatic N) is 6. The van der Waals surface area contributed by atoms with Gasteiger partial charge < -0.3 is 51.6 Å². The third-order valence-electron chi connectivity index (χ3n) is 16.5.